The first-order valence-electron chi connectivity index (χ1n) is 8.54. The zero-order chi connectivity index (χ0) is 18.7. The Balaban J connectivity index is 1.69. The molecule has 1 atom stereocenters. The minimum absolute atomic E-state index is 0.0662. The number of non-ortho nitro benzene ring substituents is 1. The molecule has 26 heavy (non-hydrogen) atoms. The molecule has 0 saturated carbocycles. The van der Waals surface area contributed by atoms with E-state index in [0.29, 0.717) is 31.1 Å². The predicted octanol–water partition coefficient (Wildman–Crippen LogP) is 1.25. The van der Waals surface area contributed by atoms with Crippen LogP contribution in [-0.4, -0.2) is 43.8 Å². The minimum Gasteiger partial charge on any atom is -0.327 e. The molecule has 0 radical (unpaired) electrons. The maximum absolute atomic E-state index is 12.7. The fraction of sp³-hybridized carbons (Fsp3) is 0.333. The number of rotatable bonds is 5. The second-order valence-corrected chi connectivity index (χ2v) is 8.39. The molecule has 0 aliphatic carbocycles. The van der Waals surface area contributed by atoms with Gasteiger partial charge in [-0.3, -0.25) is 10.1 Å². The molecule has 0 aromatic heterocycles. The van der Waals surface area contributed by atoms with Crippen molar-refractivity contribution in [3.8, 4) is 0 Å². The molecule has 138 valence electrons. The van der Waals surface area contributed by atoms with Crippen LogP contribution >= 0.6 is 0 Å². The van der Waals surface area contributed by atoms with E-state index in [2.05, 4.69) is 0 Å². The minimum atomic E-state index is -3.46. The Morgan fingerprint density at radius 3 is 2.35 bits per heavy atom. The highest BCUT2D eigenvalue weighted by atomic mass is 32.2. The summed E-state index contributed by atoms with van der Waals surface area (Å²) < 4.78 is 26.9. The number of hydrogen-bond donors (Lipinski definition) is 1. The average molecular weight is 376 g/mol. The van der Waals surface area contributed by atoms with Crippen LogP contribution in [-0.2, 0) is 10.0 Å². The lowest BCUT2D eigenvalue weighted by atomic mass is 10.1. The molecular weight excluding hydrogens is 354 g/mol. The summed E-state index contributed by atoms with van der Waals surface area (Å²) in [4.78, 5) is 12.1. The number of nitro benzene ring substituents is 1. The van der Waals surface area contributed by atoms with Crippen molar-refractivity contribution in [1.82, 2.24) is 4.31 Å². The van der Waals surface area contributed by atoms with E-state index in [9.17, 15) is 18.5 Å². The van der Waals surface area contributed by atoms with E-state index in [1.807, 2.05) is 13.0 Å². The summed E-state index contributed by atoms with van der Waals surface area (Å²) in [6.07, 6.45) is 0. The Hall–Kier alpha value is -2.29. The molecular formula is C18H22N3O4S+. The Morgan fingerprint density at radius 2 is 1.73 bits per heavy atom. The fourth-order valence-electron chi connectivity index (χ4n) is 3.33. The van der Waals surface area contributed by atoms with Gasteiger partial charge in [0, 0.05) is 17.7 Å². The van der Waals surface area contributed by atoms with Crippen LogP contribution in [0.5, 0.6) is 0 Å². The van der Waals surface area contributed by atoms with Crippen LogP contribution in [0.3, 0.4) is 0 Å². The number of nitrogens with zero attached hydrogens (tertiary/aromatic N) is 2. The number of benzene rings is 2. The number of quaternary nitrogens is 1. The summed E-state index contributed by atoms with van der Waals surface area (Å²) >= 11 is 0. The Bertz CT molecular complexity index is 878. The Kier molecular flexibility index (Phi) is 5.36. The van der Waals surface area contributed by atoms with E-state index >= 15 is 0 Å². The molecule has 1 heterocycles. The fourth-order valence-corrected chi connectivity index (χ4v) is 4.79. The molecule has 0 spiro atoms. The summed E-state index contributed by atoms with van der Waals surface area (Å²) in [5.74, 6) is 0. The van der Waals surface area contributed by atoms with E-state index in [1.54, 1.807) is 42.5 Å². The highest BCUT2D eigenvalue weighted by molar-refractivity contribution is 7.89. The van der Waals surface area contributed by atoms with Gasteiger partial charge in [0.1, 0.15) is 6.04 Å². The molecule has 1 fully saturated rings. The molecule has 8 heteroatoms. The maximum Gasteiger partial charge on any atom is 0.269 e. The second-order valence-electron chi connectivity index (χ2n) is 6.45. The van der Waals surface area contributed by atoms with Crippen molar-refractivity contribution < 1.29 is 18.2 Å². The zero-order valence-electron chi connectivity index (χ0n) is 14.5. The zero-order valence-corrected chi connectivity index (χ0v) is 15.4. The van der Waals surface area contributed by atoms with Gasteiger partial charge in [0.05, 0.1) is 36.0 Å². The van der Waals surface area contributed by atoms with Crippen LogP contribution in [0.4, 0.5) is 5.69 Å². The van der Waals surface area contributed by atoms with Gasteiger partial charge >= 0.3 is 0 Å². The lowest BCUT2D eigenvalue weighted by Gasteiger charge is -2.34. The van der Waals surface area contributed by atoms with Crippen LogP contribution in [0.1, 0.15) is 18.5 Å². The molecule has 0 amide bonds. The maximum atomic E-state index is 12.7. The van der Waals surface area contributed by atoms with Crippen molar-refractivity contribution in [2.75, 3.05) is 26.2 Å². The number of hydrogen-bond acceptors (Lipinski definition) is 4. The first-order chi connectivity index (χ1) is 12.4. The molecule has 1 saturated heterocycles. The summed E-state index contributed by atoms with van der Waals surface area (Å²) in [6, 6.07) is 15.2. The van der Waals surface area contributed by atoms with Crippen molar-refractivity contribution in [3.05, 3.63) is 70.3 Å². The molecule has 0 bridgehead atoms. The first kappa shape index (κ1) is 18.5. The van der Waals surface area contributed by atoms with Gasteiger partial charge in [-0.25, -0.2) is 8.42 Å². The first-order valence-corrected chi connectivity index (χ1v) is 9.98. The standard InChI is InChI=1S/C18H21N3O4S/c1-15(16-6-5-7-17(14-16)21(22)23)19-10-12-20(13-11-19)26(24,25)18-8-3-2-4-9-18/h2-9,14-15H,10-13H2,1H3/p+1/t15-/m0/s1. The number of sulfonamides is 1. The predicted molar refractivity (Wildman–Crippen MR) is 97.4 cm³/mol. The molecule has 1 aliphatic rings. The molecule has 2 aromatic rings. The van der Waals surface area contributed by atoms with Gasteiger partial charge in [-0.2, -0.15) is 4.31 Å². The van der Waals surface area contributed by atoms with E-state index < -0.39 is 14.9 Å². The second kappa shape index (κ2) is 7.53. The average Bonchev–Trinajstić information content (AvgIpc) is 2.68. The van der Waals surface area contributed by atoms with Gasteiger partial charge in [-0.05, 0) is 19.1 Å². The van der Waals surface area contributed by atoms with Crippen molar-refractivity contribution in [3.63, 3.8) is 0 Å². The Labute approximate surface area is 153 Å². The van der Waals surface area contributed by atoms with Gasteiger partial charge < -0.3 is 4.90 Å². The quantitative estimate of drug-likeness (QED) is 0.629. The van der Waals surface area contributed by atoms with E-state index in [4.69, 9.17) is 0 Å². The molecule has 0 unspecified atom stereocenters. The van der Waals surface area contributed by atoms with Crippen molar-refractivity contribution in [2.24, 2.45) is 0 Å². The lowest BCUT2D eigenvalue weighted by molar-refractivity contribution is -0.933. The van der Waals surface area contributed by atoms with Crippen LogP contribution in [0.2, 0.25) is 0 Å². The van der Waals surface area contributed by atoms with E-state index in [1.165, 1.54) is 15.3 Å². The molecule has 7 nitrogen and oxygen atoms in total. The third-order valence-electron chi connectivity index (χ3n) is 4.94. The third kappa shape index (κ3) is 3.77. The van der Waals surface area contributed by atoms with Gasteiger partial charge in [-0.15, -0.1) is 0 Å². The largest absolute Gasteiger partial charge is 0.327 e. The summed E-state index contributed by atoms with van der Waals surface area (Å²) in [5, 5.41) is 11.0. The normalized spacial score (nSPS) is 17.7. The van der Waals surface area contributed by atoms with Gasteiger partial charge in [0.2, 0.25) is 10.0 Å². The molecule has 3 rings (SSSR count). The van der Waals surface area contributed by atoms with Crippen molar-refractivity contribution in [2.45, 2.75) is 17.9 Å². The van der Waals surface area contributed by atoms with Gasteiger partial charge in [0.25, 0.3) is 5.69 Å². The highest BCUT2D eigenvalue weighted by Crippen LogP contribution is 2.19. The van der Waals surface area contributed by atoms with Crippen LogP contribution < -0.4 is 4.90 Å². The van der Waals surface area contributed by atoms with E-state index in [0.717, 1.165) is 5.56 Å². The number of nitro groups is 1. The molecule has 2 aromatic carbocycles. The summed E-state index contributed by atoms with van der Waals surface area (Å²) in [7, 11) is -3.46. The number of nitrogens with one attached hydrogen (secondary N) is 1. The topological polar surface area (TPSA) is 85.0 Å². The molecule has 1 aliphatic heterocycles. The highest BCUT2D eigenvalue weighted by Gasteiger charge is 2.32. The van der Waals surface area contributed by atoms with Crippen LogP contribution in [0.25, 0.3) is 0 Å². The third-order valence-corrected chi connectivity index (χ3v) is 6.85. The van der Waals surface area contributed by atoms with Crippen LogP contribution in [0.15, 0.2) is 59.5 Å². The SMILES string of the molecule is C[C@@H](c1cccc([N+](=O)[O-])c1)[NH+]1CCN(S(=O)(=O)c2ccccc2)CC1. The summed E-state index contributed by atoms with van der Waals surface area (Å²) in [6.45, 7) is 4.22. The van der Waals surface area contributed by atoms with Crippen molar-refractivity contribution >= 4 is 15.7 Å². The van der Waals surface area contributed by atoms with Gasteiger partial charge in [-0.1, -0.05) is 30.3 Å². The van der Waals surface area contributed by atoms with E-state index in [-0.39, 0.29) is 11.7 Å². The van der Waals surface area contributed by atoms with Crippen molar-refractivity contribution in [1.29, 1.82) is 0 Å². The van der Waals surface area contributed by atoms with Crippen LogP contribution in [0, 0.1) is 10.1 Å². The van der Waals surface area contributed by atoms with Gasteiger partial charge in [0.15, 0.2) is 0 Å². The smallest absolute Gasteiger partial charge is 0.269 e. The monoisotopic (exact) mass is 376 g/mol. The summed E-state index contributed by atoms with van der Waals surface area (Å²) in [5.41, 5.74) is 0.979. The lowest BCUT2D eigenvalue weighted by Crippen LogP contribution is -3.14. The number of piperazine rings is 1. The molecule has 1 N–H and O–H groups in total. The Morgan fingerprint density at radius 1 is 1.08 bits per heavy atom.